The van der Waals surface area contributed by atoms with E-state index in [0.29, 0.717) is 25.2 Å². The lowest BCUT2D eigenvalue weighted by molar-refractivity contribution is -0.0429. The number of nitrogens with one attached hydrogen (secondary N) is 1. The number of aryl methyl sites for hydroxylation is 1. The fraction of sp³-hybridized carbons (Fsp3) is 0.389. The lowest BCUT2D eigenvalue weighted by Gasteiger charge is -2.31. The van der Waals surface area contributed by atoms with E-state index in [2.05, 4.69) is 15.2 Å². The van der Waals surface area contributed by atoms with Crippen molar-refractivity contribution < 1.29 is 21.6 Å². The zero-order valence-corrected chi connectivity index (χ0v) is 17.8. The first kappa shape index (κ1) is 23.0. The van der Waals surface area contributed by atoms with E-state index in [1.54, 1.807) is 16.9 Å². The Bertz CT molecular complexity index is 1270. The summed E-state index contributed by atoms with van der Waals surface area (Å²) in [6.07, 6.45) is 1.43. The second kappa shape index (κ2) is 8.47. The molecular weight excluding hydrogens is 449 g/mol. The minimum Gasteiger partial charge on any atom is -0.372 e. The molecule has 2 heterocycles. The van der Waals surface area contributed by atoms with Crippen molar-refractivity contribution in [1.82, 2.24) is 9.55 Å². The molecule has 1 aliphatic heterocycles. The quantitative estimate of drug-likeness (QED) is 0.668. The number of azo groups is 1. The number of halogens is 3. The first-order valence-electron chi connectivity index (χ1n) is 9.32. The minimum atomic E-state index is -5.70. The zero-order valence-electron chi connectivity index (χ0n) is 17.0. The topological polar surface area (TPSA) is 140 Å². The average molecular weight is 466 g/mol. The van der Waals surface area contributed by atoms with Crippen LogP contribution in [0.2, 0.25) is 0 Å². The monoisotopic (exact) mass is 466 g/mol. The van der Waals surface area contributed by atoms with Gasteiger partial charge in [-0.2, -0.15) is 37.1 Å². The van der Waals surface area contributed by atoms with Gasteiger partial charge in [-0.1, -0.05) is 0 Å². The summed E-state index contributed by atoms with van der Waals surface area (Å²) in [6, 6.07) is 6.31. The van der Waals surface area contributed by atoms with Crippen molar-refractivity contribution in [2.24, 2.45) is 17.3 Å². The number of imidazole rings is 1. The highest BCUT2D eigenvalue weighted by Crippen LogP contribution is 2.39. The molecule has 1 aromatic carbocycles. The van der Waals surface area contributed by atoms with Gasteiger partial charge in [0.15, 0.2) is 11.4 Å². The SMILES string of the molecule is CCN1CCCc2cc(/N=N/c3nc(C#N)c(C#N)n3C)c(NS(=O)(=O)C(F)(F)F)cc21. The highest BCUT2D eigenvalue weighted by atomic mass is 32.2. The number of anilines is 2. The molecule has 3 rings (SSSR count). The number of alkyl halides is 3. The maximum absolute atomic E-state index is 13.0. The predicted molar refractivity (Wildman–Crippen MR) is 108 cm³/mol. The summed E-state index contributed by atoms with van der Waals surface area (Å²) in [5, 5.41) is 25.9. The second-order valence-electron chi connectivity index (χ2n) is 6.82. The Hall–Kier alpha value is -3.65. The van der Waals surface area contributed by atoms with Gasteiger partial charge in [-0.05, 0) is 37.5 Å². The molecule has 14 heteroatoms. The number of rotatable bonds is 5. The molecule has 0 aliphatic carbocycles. The summed E-state index contributed by atoms with van der Waals surface area (Å²) >= 11 is 0. The van der Waals surface area contributed by atoms with Gasteiger partial charge in [-0.3, -0.25) is 4.72 Å². The van der Waals surface area contributed by atoms with Crippen LogP contribution in [0.5, 0.6) is 0 Å². The van der Waals surface area contributed by atoms with Crippen molar-refractivity contribution in [2.75, 3.05) is 22.7 Å². The fourth-order valence-electron chi connectivity index (χ4n) is 3.27. The molecule has 1 N–H and O–H groups in total. The Morgan fingerprint density at radius 2 is 1.97 bits per heavy atom. The van der Waals surface area contributed by atoms with E-state index in [1.165, 1.54) is 23.7 Å². The lowest BCUT2D eigenvalue weighted by atomic mass is 10.0. The molecule has 0 radical (unpaired) electrons. The molecule has 0 fully saturated rings. The summed E-state index contributed by atoms with van der Waals surface area (Å²) in [7, 11) is -4.29. The van der Waals surface area contributed by atoms with Gasteiger partial charge in [0.1, 0.15) is 17.8 Å². The Balaban J connectivity index is 2.12. The van der Waals surface area contributed by atoms with Crippen LogP contribution in [0, 0.1) is 22.7 Å². The van der Waals surface area contributed by atoms with Gasteiger partial charge in [0, 0.05) is 25.8 Å². The van der Waals surface area contributed by atoms with E-state index < -0.39 is 21.2 Å². The molecule has 0 unspecified atom stereocenters. The van der Waals surface area contributed by atoms with Gasteiger partial charge in [0.05, 0.1) is 5.69 Å². The Kier molecular flexibility index (Phi) is 6.09. The standard InChI is InChI=1S/C18H17F3N8O2S/c1-3-29-6-4-5-11-7-12(13(8-15(11)29)27-32(30,31)18(19,20)21)25-26-17-24-14(9-22)16(10-23)28(17)2/h7-8,27H,3-6H2,1-2H3/b26-25+. The van der Waals surface area contributed by atoms with Gasteiger partial charge >= 0.3 is 15.5 Å². The molecule has 0 amide bonds. The van der Waals surface area contributed by atoms with Crippen LogP contribution in [0.4, 0.5) is 36.2 Å². The van der Waals surface area contributed by atoms with Crippen molar-refractivity contribution in [3.8, 4) is 12.1 Å². The minimum absolute atomic E-state index is 0.0662. The number of aromatic nitrogens is 2. The maximum atomic E-state index is 13.0. The zero-order chi connectivity index (χ0) is 23.7. The van der Waals surface area contributed by atoms with Gasteiger partial charge < -0.3 is 9.47 Å². The molecule has 0 saturated carbocycles. The van der Waals surface area contributed by atoms with Crippen LogP contribution < -0.4 is 9.62 Å². The molecule has 168 valence electrons. The largest absolute Gasteiger partial charge is 0.516 e. The van der Waals surface area contributed by atoms with E-state index in [-0.39, 0.29) is 23.0 Å². The van der Waals surface area contributed by atoms with Gasteiger partial charge in [-0.15, -0.1) is 10.2 Å². The molecule has 10 nitrogen and oxygen atoms in total. The number of benzene rings is 1. The van der Waals surface area contributed by atoms with Crippen LogP contribution in [0.3, 0.4) is 0 Å². The molecular formula is C18H17F3N8O2S. The number of nitrogens with zero attached hydrogens (tertiary/aromatic N) is 7. The average Bonchev–Trinajstić information content (AvgIpc) is 3.05. The van der Waals surface area contributed by atoms with E-state index in [4.69, 9.17) is 10.5 Å². The number of nitriles is 2. The van der Waals surface area contributed by atoms with Crippen LogP contribution in [-0.4, -0.2) is 36.6 Å². The van der Waals surface area contributed by atoms with Crippen LogP contribution in [0.25, 0.3) is 0 Å². The third-order valence-electron chi connectivity index (χ3n) is 4.87. The van der Waals surface area contributed by atoms with Crippen LogP contribution in [0.15, 0.2) is 22.4 Å². The van der Waals surface area contributed by atoms with Crippen molar-refractivity contribution in [1.29, 1.82) is 10.5 Å². The first-order chi connectivity index (χ1) is 15.0. The lowest BCUT2D eigenvalue weighted by Crippen LogP contribution is -2.31. The van der Waals surface area contributed by atoms with E-state index in [1.807, 2.05) is 11.8 Å². The Morgan fingerprint density at radius 3 is 2.53 bits per heavy atom. The van der Waals surface area contributed by atoms with Gasteiger partial charge in [0.25, 0.3) is 5.95 Å². The summed E-state index contributed by atoms with van der Waals surface area (Å²) in [4.78, 5) is 5.78. The third kappa shape index (κ3) is 4.22. The van der Waals surface area contributed by atoms with Crippen molar-refractivity contribution in [2.45, 2.75) is 25.3 Å². The summed E-state index contributed by atoms with van der Waals surface area (Å²) in [5.41, 5.74) is -4.96. The molecule has 1 aromatic heterocycles. The molecule has 0 atom stereocenters. The molecule has 32 heavy (non-hydrogen) atoms. The highest BCUT2D eigenvalue weighted by molar-refractivity contribution is 7.93. The Labute approximate surface area is 181 Å². The normalized spacial score (nSPS) is 14.2. The summed E-state index contributed by atoms with van der Waals surface area (Å²) < 4.78 is 65.1. The van der Waals surface area contributed by atoms with Gasteiger partial charge in [-0.25, -0.2) is 0 Å². The molecule has 2 aromatic rings. The smallest absolute Gasteiger partial charge is 0.372 e. The van der Waals surface area contributed by atoms with Crippen LogP contribution >= 0.6 is 0 Å². The summed E-state index contributed by atoms with van der Waals surface area (Å²) in [6.45, 7) is 3.14. The van der Waals surface area contributed by atoms with Crippen molar-refractivity contribution in [3.05, 3.63) is 29.1 Å². The van der Waals surface area contributed by atoms with E-state index in [0.717, 1.165) is 12.0 Å². The third-order valence-corrected chi connectivity index (χ3v) is 5.97. The number of fused-ring (bicyclic) bond motifs is 1. The fourth-order valence-corrected chi connectivity index (χ4v) is 3.84. The molecule has 1 aliphatic rings. The number of sulfonamides is 1. The van der Waals surface area contributed by atoms with Crippen molar-refractivity contribution >= 4 is 33.0 Å². The predicted octanol–water partition coefficient (Wildman–Crippen LogP) is 3.61. The van der Waals surface area contributed by atoms with Crippen molar-refractivity contribution in [3.63, 3.8) is 0 Å². The second-order valence-corrected chi connectivity index (χ2v) is 8.50. The van der Waals surface area contributed by atoms with E-state index >= 15 is 0 Å². The first-order valence-corrected chi connectivity index (χ1v) is 10.8. The number of hydrogen-bond acceptors (Lipinski definition) is 8. The summed E-state index contributed by atoms with van der Waals surface area (Å²) in [5.74, 6) is -0.143. The Morgan fingerprint density at radius 1 is 1.25 bits per heavy atom. The van der Waals surface area contributed by atoms with Crippen LogP contribution in [-0.2, 0) is 23.5 Å². The maximum Gasteiger partial charge on any atom is 0.516 e. The highest BCUT2D eigenvalue weighted by Gasteiger charge is 2.46. The molecule has 0 bridgehead atoms. The van der Waals surface area contributed by atoms with Gasteiger partial charge in [0.2, 0.25) is 0 Å². The molecule has 0 saturated heterocycles. The number of hydrogen-bond donors (Lipinski definition) is 1. The van der Waals surface area contributed by atoms with E-state index in [9.17, 15) is 21.6 Å². The molecule has 0 spiro atoms. The van der Waals surface area contributed by atoms with Crippen LogP contribution in [0.1, 0.15) is 30.3 Å².